The molecule has 0 unspecified atom stereocenters. The number of aromatic amines is 1. The molecule has 0 radical (unpaired) electrons. The summed E-state index contributed by atoms with van der Waals surface area (Å²) in [4.78, 5) is 18.2. The molecular formula is C11H9BrN2O. The monoisotopic (exact) mass is 264 g/mol. The second-order valence-electron chi connectivity index (χ2n) is 3.28. The number of nitrogens with zero attached hydrogens (tertiary/aromatic N) is 1. The lowest BCUT2D eigenvalue weighted by Gasteiger charge is -2.01. The number of hydrogen-bond donors (Lipinski definition) is 1. The first-order valence-corrected chi connectivity index (χ1v) is 5.28. The minimum Gasteiger partial charge on any atom is -0.306 e. The van der Waals surface area contributed by atoms with Crippen LogP contribution in [0, 0.1) is 6.92 Å². The Bertz CT molecular complexity index is 548. The second kappa shape index (κ2) is 3.98. The van der Waals surface area contributed by atoms with E-state index in [9.17, 15) is 4.79 Å². The standard InChI is InChI=1S/C11H9BrN2O/c1-7-3-2-4-8(5-7)10-13-6-9(12)11(15)14-10/h2-6H,1H3,(H,13,14,15). The van der Waals surface area contributed by atoms with Gasteiger partial charge in [0, 0.05) is 11.8 Å². The van der Waals surface area contributed by atoms with Crippen LogP contribution in [0.1, 0.15) is 5.56 Å². The van der Waals surface area contributed by atoms with Gasteiger partial charge in [0.2, 0.25) is 0 Å². The molecule has 0 aliphatic heterocycles. The number of halogens is 1. The molecule has 1 aromatic heterocycles. The number of H-pyrrole nitrogens is 1. The number of benzene rings is 1. The van der Waals surface area contributed by atoms with Gasteiger partial charge in [0.25, 0.3) is 5.56 Å². The van der Waals surface area contributed by atoms with E-state index < -0.39 is 0 Å². The first kappa shape index (κ1) is 10.1. The van der Waals surface area contributed by atoms with E-state index in [1.54, 1.807) is 0 Å². The third kappa shape index (κ3) is 2.15. The molecule has 0 spiro atoms. The molecule has 0 bridgehead atoms. The Balaban J connectivity index is 2.55. The van der Waals surface area contributed by atoms with Gasteiger partial charge in [-0.2, -0.15) is 0 Å². The minimum absolute atomic E-state index is 0.165. The summed E-state index contributed by atoms with van der Waals surface area (Å²) in [6.45, 7) is 2.00. The zero-order valence-electron chi connectivity index (χ0n) is 8.12. The number of aromatic nitrogens is 2. The normalized spacial score (nSPS) is 10.3. The van der Waals surface area contributed by atoms with Gasteiger partial charge >= 0.3 is 0 Å². The van der Waals surface area contributed by atoms with E-state index in [1.165, 1.54) is 6.20 Å². The topological polar surface area (TPSA) is 45.8 Å². The highest BCUT2D eigenvalue weighted by Crippen LogP contribution is 2.15. The number of rotatable bonds is 1. The molecule has 0 saturated carbocycles. The van der Waals surface area contributed by atoms with Crippen molar-refractivity contribution in [1.82, 2.24) is 9.97 Å². The Kier molecular flexibility index (Phi) is 2.68. The minimum atomic E-state index is -0.165. The van der Waals surface area contributed by atoms with Crippen molar-refractivity contribution in [3.05, 3.63) is 50.9 Å². The summed E-state index contributed by atoms with van der Waals surface area (Å²) in [5.41, 5.74) is 1.89. The molecule has 0 aliphatic rings. The van der Waals surface area contributed by atoms with Crippen molar-refractivity contribution in [3.63, 3.8) is 0 Å². The molecule has 1 N–H and O–H groups in total. The number of aryl methyl sites for hydroxylation is 1. The summed E-state index contributed by atoms with van der Waals surface area (Å²) in [6, 6.07) is 7.83. The number of hydrogen-bond acceptors (Lipinski definition) is 2. The summed E-state index contributed by atoms with van der Waals surface area (Å²) in [6.07, 6.45) is 1.51. The van der Waals surface area contributed by atoms with Crippen LogP contribution in [0.15, 0.2) is 39.7 Å². The highest BCUT2D eigenvalue weighted by atomic mass is 79.9. The van der Waals surface area contributed by atoms with Gasteiger partial charge < -0.3 is 4.98 Å². The van der Waals surface area contributed by atoms with Crippen LogP contribution in [0.4, 0.5) is 0 Å². The maximum Gasteiger partial charge on any atom is 0.265 e. The summed E-state index contributed by atoms with van der Waals surface area (Å²) in [7, 11) is 0. The van der Waals surface area contributed by atoms with E-state index in [-0.39, 0.29) is 5.56 Å². The summed E-state index contributed by atoms with van der Waals surface area (Å²) < 4.78 is 0.443. The molecule has 2 rings (SSSR count). The molecule has 0 amide bonds. The molecule has 4 heteroatoms. The lowest BCUT2D eigenvalue weighted by molar-refractivity contribution is 1.11. The van der Waals surface area contributed by atoms with Crippen LogP contribution < -0.4 is 5.56 Å². The van der Waals surface area contributed by atoms with Gasteiger partial charge in [0.1, 0.15) is 10.3 Å². The molecule has 1 heterocycles. The van der Waals surface area contributed by atoms with Gasteiger partial charge in [-0.1, -0.05) is 23.8 Å². The molecule has 3 nitrogen and oxygen atoms in total. The SMILES string of the molecule is Cc1cccc(-c2ncc(Br)c(=O)[nH]2)c1. The maximum atomic E-state index is 11.4. The van der Waals surface area contributed by atoms with Crippen molar-refractivity contribution < 1.29 is 0 Å². The van der Waals surface area contributed by atoms with Crippen LogP contribution in [0.25, 0.3) is 11.4 Å². The van der Waals surface area contributed by atoms with Crippen molar-refractivity contribution in [2.24, 2.45) is 0 Å². The Morgan fingerprint density at radius 1 is 1.40 bits per heavy atom. The quantitative estimate of drug-likeness (QED) is 0.861. The van der Waals surface area contributed by atoms with E-state index in [0.29, 0.717) is 10.3 Å². The van der Waals surface area contributed by atoms with Gasteiger partial charge in [-0.15, -0.1) is 0 Å². The second-order valence-corrected chi connectivity index (χ2v) is 4.13. The third-order valence-corrected chi connectivity index (χ3v) is 2.61. The fourth-order valence-electron chi connectivity index (χ4n) is 1.32. The average Bonchev–Trinajstić information content (AvgIpc) is 2.22. The van der Waals surface area contributed by atoms with E-state index in [1.807, 2.05) is 31.2 Å². The lowest BCUT2D eigenvalue weighted by atomic mass is 10.1. The van der Waals surface area contributed by atoms with Crippen LogP contribution in [-0.4, -0.2) is 9.97 Å². The smallest absolute Gasteiger partial charge is 0.265 e. The molecule has 0 fully saturated rings. The van der Waals surface area contributed by atoms with Gasteiger partial charge in [0.05, 0.1) is 0 Å². The van der Waals surface area contributed by atoms with E-state index >= 15 is 0 Å². The molecule has 0 aliphatic carbocycles. The highest BCUT2D eigenvalue weighted by Gasteiger charge is 2.02. The Morgan fingerprint density at radius 2 is 2.20 bits per heavy atom. The van der Waals surface area contributed by atoms with Gasteiger partial charge in [-0.05, 0) is 28.9 Å². The van der Waals surface area contributed by atoms with Crippen LogP contribution in [0.2, 0.25) is 0 Å². The molecule has 0 atom stereocenters. The molecule has 0 saturated heterocycles. The van der Waals surface area contributed by atoms with E-state index in [2.05, 4.69) is 25.9 Å². The van der Waals surface area contributed by atoms with Gasteiger partial charge in [-0.25, -0.2) is 4.98 Å². The predicted molar refractivity (Wildman–Crippen MR) is 62.7 cm³/mol. The van der Waals surface area contributed by atoms with Crippen LogP contribution in [0.3, 0.4) is 0 Å². The molecule has 1 aromatic carbocycles. The van der Waals surface area contributed by atoms with Crippen molar-refractivity contribution in [2.75, 3.05) is 0 Å². The molecule has 2 aromatic rings. The molecular weight excluding hydrogens is 256 g/mol. The first-order chi connectivity index (χ1) is 7.16. The summed E-state index contributed by atoms with van der Waals surface area (Å²) >= 11 is 3.11. The van der Waals surface area contributed by atoms with Crippen molar-refractivity contribution in [3.8, 4) is 11.4 Å². The van der Waals surface area contributed by atoms with Crippen LogP contribution in [-0.2, 0) is 0 Å². The van der Waals surface area contributed by atoms with Gasteiger partial charge in [0.15, 0.2) is 0 Å². The van der Waals surface area contributed by atoms with E-state index in [4.69, 9.17) is 0 Å². The number of nitrogens with one attached hydrogen (secondary N) is 1. The zero-order chi connectivity index (χ0) is 10.8. The largest absolute Gasteiger partial charge is 0.306 e. The zero-order valence-corrected chi connectivity index (χ0v) is 9.71. The predicted octanol–water partition coefficient (Wildman–Crippen LogP) is 2.51. The third-order valence-electron chi connectivity index (χ3n) is 2.05. The van der Waals surface area contributed by atoms with Gasteiger partial charge in [-0.3, -0.25) is 4.79 Å². The Labute approximate surface area is 95.3 Å². The molecule has 76 valence electrons. The fourth-order valence-corrected chi connectivity index (χ4v) is 1.52. The van der Waals surface area contributed by atoms with E-state index in [0.717, 1.165) is 11.1 Å². The van der Waals surface area contributed by atoms with Crippen molar-refractivity contribution in [1.29, 1.82) is 0 Å². The highest BCUT2D eigenvalue weighted by molar-refractivity contribution is 9.10. The summed E-state index contributed by atoms with van der Waals surface area (Å²) in [5, 5.41) is 0. The first-order valence-electron chi connectivity index (χ1n) is 4.48. The van der Waals surface area contributed by atoms with Crippen LogP contribution in [0.5, 0.6) is 0 Å². The van der Waals surface area contributed by atoms with Crippen molar-refractivity contribution in [2.45, 2.75) is 6.92 Å². The lowest BCUT2D eigenvalue weighted by Crippen LogP contribution is -2.08. The summed E-state index contributed by atoms with van der Waals surface area (Å²) in [5.74, 6) is 0.590. The van der Waals surface area contributed by atoms with Crippen LogP contribution >= 0.6 is 15.9 Å². The maximum absolute atomic E-state index is 11.4. The molecule has 15 heavy (non-hydrogen) atoms. The Morgan fingerprint density at radius 3 is 2.87 bits per heavy atom. The van der Waals surface area contributed by atoms with Crippen molar-refractivity contribution >= 4 is 15.9 Å². The Hall–Kier alpha value is -1.42. The fraction of sp³-hybridized carbons (Fsp3) is 0.0909. The average molecular weight is 265 g/mol.